The van der Waals surface area contributed by atoms with Gasteiger partial charge >= 0.3 is 5.97 Å². The Morgan fingerprint density at radius 3 is 2.73 bits per heavy atom. The number of aromatic nitrogens is 1. The molecule has 1 aromatic heterocycles. The van der Waals surface area contributed by atoms with Crippen LogP contribution in [0.15, 0.2) is 42.6 Å². The number of likely N-dealkylation sites (tertiary alicyclic amines) is 1. The van der Waals surface area contributed by atoms with E-state index in [-0.39, 0.29) is 0 Å². The highest BCUT2D eigenvalue weighted by Gasteiger charge is 2.23. The monoisotopic (exact) mass is 296 g/mol. The molecule has 1 aliphatic rings. The maximum absolute atomic E-state index is 11.6. The Morgan fingerprint density at radius 2 is 2.09 bits per heavy atom. The largest absolute Gasteiger partial charge is 0.478 e. The molecule has 1 saturated heterocycles. The van der Waals surface area contributed by atoms with Crippen molar-refractivity contribution in [1.29, 1.82) is 0 Å². The van der Waals surface area contributed by atoms with Crippen LogP contribution in [0, 0.1) is 5.92 Å². The van der Waals surface area contributed by atoms with Crippen LogP contribution in [-0.4, -0.2) is 41.1 Å². The van der Waals surface area contributed by atoms with E-state index in [1.165, 1.54) is 0 Å². The Balaban J connectivity index is 1.89. The molecular formula is C18H20N2O2. The van der Waals surface area contributed by atoms with Crippen molar-refractivity contribution in [1.82, 2.24) is 9.88 Å². The van der Waals surface area contributed by atoms with E-state index in [9.17, 15) is 9.90 Å². The molecule has 0 amide bonds. The molecule has 3 rings (SSSR count). The maximum Gasteiger partial charge on any atom is 0.337 e. The Bertz CT molecular complexity index is 670. The van der Waals surface area contributed by atoms with Gasteiger partial charge in [-0.1, -0.05) is 30.3 Å². The minimum absolute atomic E-state index is 0.330. The molecule has 2 aromatic rings. The molecule has 2 heterocycles. The third-order valence-electron chi connectivity index (χ3n) is 4.28. The van der Waals surface area contributed by atoms with Gasteiger partial charge < -0.3 is 10.0 Å². The summed E-state index contributed by atoms with van der Waals surface area (Å²) in [5, 5.41) is 9.51. The van der Waals surface area contributed by atoms with Crippen molar-refractivity contribution in [2.75, 3.05) is 20.1 Å². The van der Waals surface area contributed by atoms with Crippen LogP contribution in [0.1, 0.15) is 22.5 Å². The van der Waals surface area contributed by atoms with Gasteiger partial charge in [0.2, 0.25) is 0 Å². The normalized spacial score (nSPS) is 18.5. The van der Waals surface area contributed by atoms with Gasteiger partial charge in [0.05, 0.1) is 11.3 Å². The van der Waals surface area contributed by atoms with Crippen LogP contribution in [-0.2, 0) is 6.42 Å². The van der Waals surface area contributed by atoms with Crippen LogP contribution in [0.3, 0.4) is 0 Å². The lowest BCUT2D eigenvalue weighted by Crippen LogP contribution is -2.16. The standard InChI is InChI=1S/C18H20N2O2/c1-20-8-7-13(12-20)9-17-16(18(21)22)10-15(11-19-17)14-5-3-2-4-6-14/h2-6,10-11,13H,7-9,12H2,1H3,(H,21,22). The Kier molecular flexibility index (Phi) is 4.20. The van der Waals surface area contributed by atoms with Crippen LogP contribution in [0.2, 0.25) is 0 Å². The highest BCUT2D eigenvalue weighted by molar-refractivity contribution is 5.90. The molecule has 1 unspecified atom stereocenters. The topological polar surface area (TPSA) is 53.4 Å². The molecule has 22 heavy (non-hydrogen) atoms. The molecule has 1 fully saturated rings. The van der Waals surface area contributed by atoms with Gasteiger partial charge in [-0.2, -0.15) is 0 Å². The zero-order chi connectivity index (χ0) is 15.5. The molecule has 1 N–H and O–H groups in total. The average molecular weight is 296 g/mol. The highest BCUT2D eigenvalue weighted by Crippen LogP contribution is 2.24. The molecule has 1 atom stereocenters. The van der Waals surface area contributed by atoms with Gasteiger partial charge in [0.25, 0.3) is 0 Å². The lowest BCUT2D eigenvalue weighted by Gasteiger charge is -2.13. The molecule has 0 saturated carbocycles. The lowest BCUT2D eigenvalue weighted by atomic mass is 9.97. The van der Waals surface area contributed by atoms with Crippen molar-refractivity contribution in [3.05, 3.63) is 53.9 Å². The molecule has 1 aliphatic heterocycles. The molecule has 0 aliphatic carbocycles. The van der Waals surface area contributed by atoms with E-state index in [2.05, 4.69) is 16.9 Å². The molecule has 114 valence electrons. The van der Waals surface area contributed by atoms with E-state index in [0.29, 0.717) is 17.2 Å². The average Bonchev–Trinajstić information content (AvgIpc) is 2.93. The number of carbonyl (C=O) groups is 1. The van der Waals surface area contributed by atoms with Gasteiger partial charge in [-0.3, -0.25) is 4.98 Å². The van der Waals surface area contributed by atoms with Gasteiger partial charge in [0.1, 0.15) is 0 Å². The third-order valence-corrected chi connectivity index (χ3v) is 4.28. The summed E-state index contributed by atoms with van der Waals surface area (Å²) in [6, 6.07) is 11.5. The number of hydrogen-bond donors (Lipinski definition) is 1. The fraction of sp³-hybridized carbons (Fsp3) is 0.333. The number of aromatic carboxylic acids is 1. The van der Waals surface area contributed by atoms with E-state index in [1.807, 2.05) is 30.3 Å². The first-order chi connectivity index (χ1) is 10.6. The molecule has 4 nitrogen and oxygen atoms in total. The summed E-state index contributed by atoms with van der Waals surface area (Å²) in [5.74, 6) is -0.398. The zero-order valence-electron chi connectivity index (χ0n) is 12.7. The first-order valence-electron chi connectivity index (χ1n) is 7.59. The molecular weight excluding hydrogens is 276 g/mol. The van der Waals surface area contributed by atoms with Crippen molar-refractivity contribution < 1.29 is 9.90 Å². The van der Waals surface area contributed by atoms with E-state index in [4.69, 9.17) is 0 Å². The van der Waals surface area contributed by atoms with Crippen molar-refractivity contribution >= 4 is 5.97 Å². The first-order valence-corrected chi connectivity index (χ1v) is 7.59. The first kappa shape index (κ1) is 14.7. The summed E-state index contributed by atoms with van der Waals surface area (Å²) in [5.41, 5.74) is 2.87. The van der Waals surface area contributed by atoms with Crippen LogP contribution in [0.4, 0.5) is 0 Å². The predicted octanol–water partition coefficient (Wildman–Crippen LogP) is 2.94. The summed E-state index contributed by atoms with van der Waals surface area (Å²) >= 11 is 0. The summed E-state index contributed by atoms with van der Waals surface area (Å²) in [6.45, 7) is 2.09. The van der Waals surface area contributed by atoms with Gasteiger partial charge in [-0.05, 0) is 44.0 Å². The fourth-order valence-corrected chi connectivity index (χ4v) is 3.10. The third kappa shape index (κ3) is 3.17. The number of hydrogen-bond acceptors (Lipinski definition) is 3. The fourth-order valence-electron chi connectivity index (χ4n) is 3.10. The van der Waals surface area contributed by atoms with Crippen molar-refractivity contribution in [2.45, 2.75) is 12.8 Å². The molecule has 4 heteroatoms. The zero-order valence-corrected chi connectivity index (χ0v) is 12.7. The Hall–Kier alpha value is -2.20. The van der Waals surface area contributed by atoms with Crippen molar-refractivity contribution in [3.8, 4) is 11.1 Å². The second-order valence-corrected chi connectivity index (χ2v) is 6.01. The molecule has 0 spiro atoms. The number of carboxylic acids is 1. The Labute approximate surface area is 130 Å². The van der Waals surface area contributed by atoms with E-state index >= 15 is 0 Å². The SMILES string of the molecule is CN1CCC(Cc2ncc(-c3ccccc3)cc2C(=O)O)C1. The van der Waals surface area contributed by atoms with Crippen LogP contribution in [0.25, 0.3) is 11.1 Å². The molecule has 1 aromatic carbocycles. The predicted molar refractivity (Wildman–Crippen MR) is 85.9 cm³/mol. The summed E-state index contributed by atoms with van der Waals surface area (Å²) in [4.78, 5) is 18.3. The quantitative estimate of drug-likeness (QED) is 0.942. The van der Waals surface area contributed by atoms with Crippen molar-refractivity contribution in [2.24, 2.45) is 5.92 Å². The molecule has 0 radical (unpaired) electrons. The summed E-state index contributed by atoms with van der Waals surface area (Å²) in [7, 11) is 2.10. The number of nitrogens with zero attached hydrogens (tertiary/aromatic N) is 2. The van der Waals surface area contributed by atoms with Gasteiger partial charge in [-0.25, -0.2) is 4.79 Å². The highest BCUT2D eigenvalue weighted by atomic mass is 16.4. The molecule has 0 bridgehead atoms. The second kappa shape index (κ2) is 6.28. The Morgan fingerprint density at radius 1 is 1.32 bits per heavy atom. The van der Waals surface area contributed by atoms with Crippen LogP contribution < -0.4 is 0 Å². The van der Waals surface area contributed by atoms with E-state index in [1.54, 1.807) is 12.3 Å². The van der Waals surface area contributed by atoms with Crippen LogP contribution >= 0.6 is 0 Å². The number of benzene rings is 1. The van der Waals surface area contributed by atoms with E-state index in [0.717, 1.165) is 37.1 Å². The minimum atomic E-state index is -0.897. The second-order valence-electron chi connectivity index (χ2n) is 6.01. The lowest BCUT2D eigenvalue weighted by molar-refractivity contribution is 0.0695. The van der Waals surface area contributed by atoms with E-state index < -0.39 is 5.97 Å². The smallest absolute Gasteiger partial charge is 0.337 e. The van der Waals surface area contributed by atoms with Crippen LogP contribution in [0.5, 0.6) is 0 Å². The van der Waals surface area contributed by atoms with Gasteiger partial charge in [0.15, 0.2) is 0 Å². The number of rotatable bonds is 4. The van der Waals surface area contributed by atoms with Gasteiger partial charge in [-0.15, -0.1) is 0 Å². The maximum atomic E-state index is 11.6. The minimum Gasteiger partial charge on any atom is -0.478 e. The van der Waals surface area contributed by atoms with Gasteiger partial charge in [0, 0.05) is 18.3 Å². The number of pyridine rings is 1. The van der Waals surface area contributed by atoms with Crippen molar-refractivity contribution in [3.63, 3.8) is 0 Å². The summed E-state index contributed by atoms with van der Waals surface area (Å²) in [6.07, 6.45) is 3.63. The summed E-state index contributed by atoms with van der Waals surface area (Å²) < 4.78 is 0. The number of carboxylic acid groups (broad SMARTS) is 1.